The summed E-state index contributed by atoms with van der Waals surface area (Å²) in [7, 11) is 0. The molecule has 1 N–H and O–H groups in total. The molecule has 0 aromatic carbocycles. The Labute approximate surface area is 147 Å². The second kappa shape index (κ2) is 9.43. The molecule has 138 valence electrons. The van der Waals surface area contributed by atoms with Crippen LogP contribution < -0.4 is 5.32 Å². The molecule has 0 unspecified atom stereocenters. The van der Waals surface area contributed by atoms with E-state index in [9.17, 15) is 9.59 Å². The highest BCUT2D eigenvalue weighted by molar-refractivity contribution is 5.88. The second-order valence-corrected chi connectivity index (χ2v) is 8.25. The molecule has 1 saturated carbocycles. The zero-order chi connectivity index (χ0) is 17.5. The first-order chi connectivity index (χ1) is 11.5. The summed E-state index contributed by atoms with van der Waals surface area (Å²) in [6.45, 7) is 7.94. The summed E-state index contributed by atoms with van der Waals surface area (Å²) < 4.78 is 0. The summed E-state index contributed by atoms with van der Waals surface area (Å²) in [5.74, 6) is 1.40. The molecule has 2 amide bonds. The minimum absolute atomic E-state index is 0.0529. The smallest absolute Gasteiger partial charge is 0.245 e. The van der Waals surface area contributed by atoms with Gasteiger partial charge in [0.15, 0.2) is 0 Å². The van der Waals surface area contributed by atoms with E-state index in [0.29, 0.717) is 18.3 Å². The maximum absolute atomic E-state index is 12.8. The van der Waals surface area contributed by atoms with Crippen LogP contribution in [0.1, 0.15) is 78.6 Å². The highest BCUT2D eigenvalue weighted by Crippen LogP contribution is 2.31. The number of likely N-dealkylation sites (tertiary alicyclic amines) is 1. The molecule has 1 heterocycles. The molecule has 0 bridgehead atoms. The van der Waals surface area contributed by atoms with E-state index in [1.54, 1.807) is 0 Å². The number of hydrogen-bond acceptors (Lipinski definition) is 2. The molecule has 0 aromatic rings. The highest BCUT2D eigenvalue weighted by atomic mass is 16.2. The van der Waals surface area contributed by atoms with E-state index in [2.05, 4.69) is 12.2 Å². The molecule has 1 aliphatic carbocycles. The lowest BCUT2D eigenvalue weighted by Crippen LogP contribution is -2.52. The van der Waals surface area contributed by atoms with Gasteiger partial charge in [0.2, 0.25) is 11.8 Å². The summed E-state index contributed by atoms with van der Waals surface area (Å²) in [6, 6.07) is -0.367. The first-order valence-corrected chi connectivity index (χ1v) is 10.1. The Morgan fingerprint density at radius 3 is 2.12 bits per heavy atom. The van der Waals surface area contributed by atoms with Crippen molar-refractivity contribution in [3.05, 3.63) is 0 Å². The van der Waals surface area contributed by atoms with Crippen molar-refractivity contribution in [1.82, 2.24) is 10.2 Å². The second-order valence-electron chi connectivity index (χ2n) is 8.25. The van der Waals surface area contributed by atoms with E-state index in [-0.39, 0.29) is 23.8 Å². The standard InChI is InChI=1S/C20H36N2O2/c1-15(2)19(20(24)22-12-8-5-9-13-22)21-18(23)14-16(3)17-10-6-4-7-11-17/h15-17,19H,4-14H2,1-3H3,(H,21,23)/t16-,19-/m0/s1. The van der Waals surface area contributed by atoms with Gasteiger partial charge in [-0.15, -0.1) is 0 Å². The monoisotopic (exact) mass is 336 g/mol. The van der Waals surface area contributed by atoms with E-state index >= 15 is 0 Å². The Bertz CT molecular complexity index is 410. The van der Waals surface area contributed by atoms with Crippen LogP contribution in [0.4, 0.5) is 0 Å². The van der Waals surface area contributed by atoms with Gasteiger partial charge in [-0.05, 0) is 37.0 Å². The maximum Gasteiger partial charge on any atom is 0.245 e. The molecule has 1 aliphatic heterocycles. The molecule has 4 nitrogen and oxygen atoms in total. The van der Waals surface area contributed by atoms with Gasteiger partial charge in [-0.1, -0.05) is 52.9 Å². The van der Waals surface area contributed by atoms with E-state index in [1.807, 2.05) is 18.7 Å². The van der Waals surface area contributed by atoms with E-state index in [4.69, 9.17) is 0 Å². The predicted molar refractivity (Wildman–Crippen MR) is 97.6 cm³/mol. The normalized spacial score (nSPS) is 22.2. The fourth-order valence-corrected chi connectivity index (χ4v) is 4.22. The molecule has 2 aliphatic rings. The molecule has 4 heteroatoms. The Balaban J connectivity index is 1.86. The zero-order valence-corrected chi connectivity index (χ0v) is 15.9. The molecular weight excluding hydrogens is 300 g/mol. The van der Waals surface area contributed by atoms with E-state index in [1.165, 1.54) is 38.5 Å². The van der Waals surface area contributed by atoms with Gasteiger partial charge >= 0.3 is 0 Å². The Hall–Kier alpha value is -1.06. The molecule has 1 saturated heterocycles. The molecule has 0 radical (unpaired) electrons. The van der Waals surface area contributed by atoms with Crippen molar-refractivity contribution >= 4 is 11.8 Å². The number of carbonyl (C=O) groups excluding carboxylic acids is 2. The third-order valence-electron chi connectivity index (χ3n) is 5.88. The first-order valence-electron chi connectivity index (χ1n) is 10.1. The Kier molecular flexibility index (Phi) is 7.57. The van der Waals surface area contributed by atoms with Crippen LogP contribution in [0.5, 0.6) is 0 Å². The van der Waals surface area contributed by atoms with Crippen LogP contribution >= 0.6 is 0 Å². The van der Waals surface area contributed by atoms with Crippen molar-refractivity contribution in [2.24, 2.45) is 17.8 Å². The number of carbonyl (C=O) groups is 2. The first kappa shape index (κ1) is 19.3. The minimum atomic E-state index is -0.367. The van der Waals surface area contributed by atoms with Crippen molar-refractivity contribution in [3.63, 3.8) is 0 Å². The van der Waals surface area contributed by atoms with Crippen molar-refractivity contribution in [2.75, 3.05) is 13.1 Å². The number of amides is 2. The largest absolute Gasteiger partial charge is 0.344 e. The van der Waals surface area contributed by atoms with Crippen LogP contribution in [0.3, 0.4) is 0 Å². The van der Waals surface area contributed by atoms with Gasteiger partial charge in [0.25, 0.3) is 0 Å². The van der Waals surface area contributed by atoms with Crippen molar-refractivity contribution in [1.29, 1.82) is 0 Å². The molecule has 2 fully saturated rings. The average Bonchev–Trinajstić information content (AvgIpc) is 2.60. The lowest BCUT2D eigenvalue weighted by molar-refractivity contribution is -0.138. The Morgan fingerprint density at radius 2 is 1.54 bits per heavy atom. The van der Waals surface area contributed by atoms with Gasteiger partial charge in [-0.2, -0.15) is 0 Å². The Morgan fingerprint density at radius 1 is 0.958 bits per heavy atom. The molecule has 2 rings (SSSR count). The minimum Gasteiger partial charge on any atom is -0.344 e. The number of hydrogen-bond donors (Lipinski definition) is 1. The van der Waals surface area contributed by atoms with Gasteiger partial charge in [0.1, 0.15) is 6.04 Å². The third kappa shape index (κ3) is 5.49. The summed E-state index contributed by atoms with van der Waals surface area (Å²) in [5.41, 5.74) is 0. The molecule has 2 atom stereocenters. The molecular formula is C20H36N2O2. The average molecular weight is 337 g/mol. The van der Waals surface area contributed by atoms with E-state index in [0.717, 1.165) is 25.9 Å². The number of piperidine rings is 1. The third-order valence-corrected chi connectivity index (χ3v) is 5.88. The SMILES string of the molecule is CC(C)[C@H](NC(=O)C[C@H](C)C1CCCCC1)C(=O)N1CCCCC1. The van der Waals surface area contributed by atoms with Gasteiger partial charge in [-0.25, -0.2) is 0 Å². The quantitative estimate of drug-likeness (QED) is 0.803. The number of nitrogens with zero attached hydrogens (tertiary/aromatic N) is 1. The van der Waals surface area contributed by atoms with Crippen molar-refractivity contribution in [3.8, 4) is 0 Å². The van der Waals surface area contributed by atoms with Crippen LogP contribution in [0.25, 0.3) is 0 Å². The van der Waals surface area contributed by atoms with Gasteiger partial charge < -0.3 is 10.2 Å². The van der Waals surface area contributed by atoms with E-state index < -0.39 is 0 Å². The van der Waals surface area contributed by atoms with Crippen LogP contribution in [-0.4, -0.2) is 35.8 Å². The molecule has 0 aromatic heterocycles. The lowest BCUT2D eigenvalue weighted by Gasteiger charge is -2.33. The fourth-order valence-electron chi connectivity index (χ4n) is 4.22. The van der Waals surface area contributed by atoms with Crippen LogP contribution in [0.15, 0.2) is 0 Å². The zero-order valence-electron chi connectivity index (χ0n) is 15.9. The lowest BCUT2D eigenvalue weighted by atomic mass is 9.79. The topological polar surface area (TPSA) is 49.4 Å². The predicted octanol–water partition coefficient (Wildman–Crippen LogP) is 3.75. The van der Waals surface area contributed by atoms with Crippen LogP contribution in [0, 0.1) is 17.8 Å². The van der Waals surface area contributed by atoms with Crippen molar-refractivity contribution < 1.29 is 9.59 Å². The summed E-state index contributed by atoms with van der Waals surface area (Å²) >= 11 is 0. The number of nitrogens with one attached hydrogen (secondary N) is 1. The van der Waals surface area contributed by atoms with Gasteiger partial charge in [-0.3, -0.25) is 9.59 Å². The molecule has 24 heavy (non-hydrogen) atoms. The van der Waals surface area contributed by atoms with Crippen molar-refractivity contribution in [2.45, 2.75) is 84.6 Å². The maximum atomic E-state index is 12.8. The number of rotatable bonds is 6. The van der Waals surface area contributed by atoms with Crippen LogP contribution in [0.2, 0.25) is 0 Å². The summed E-state index contributed by atoms with van der Waals surface area (Å²) in [6.07, 6.45) is 10.4. The van der Waals surface area contributed by atoms with Gasteiger partial charge in [0.05, 0.1) is 0 Å². The van der Waals surface area contributed by atoms with Crippen LogP contribution in [-0.2, 0) is 9.59 Å². The van der Waals surface area contributed by atoms with Gasteiger partial charge in [0, 0.05) is 19.5 Å². The molecule has 0 spiro atoms. The fraction of sp³-hybridized carbons (Fsp3) is 0.900. The highest BCUT2D eigenvalue weighted by Gasteiger charge is 2.30. The summed E-state index contributed by atoms with van der Waals surface area (Å²) in [4.78, 5) is 27.2. The summed E-state index contributed by atoms with van der Waals surface area (Å²) in [5, 5.41) is 3.05.